The molecule has 2 aromatic carbocycles. The maximum Gasteiger partial charge on any atom is 0.207 e. The van der Waals surface area contributed by atoms with Crippen molar-refractivity contribution in [1.82, 2.24) is 5.32 Å². The van der Waals surface area contributed by atoms with Gasteiger partial charge in [0.2, 0.25) is 11.5 Å². The number of hydrogen-bond acceptors (Lipinski definition) is 8. The van der Waals surface area contributed by atoms with E-state index in [1.165, 1.54) is 18.9 Å². The maximum absolute atomic E-state index is 10.5. The minimum atomic E-state index is -0.368. The quantitative estimate of drug-likeness (QED) is 0.366. The fourth-order valence-corrected chi connectivity index (χ4v) is 5.53. The molecule has 0 saturated carbocycles. The van der Waals surface area contributed by atoms with Gasteiger partial charge in [0, 0.05) is 11.1 Å². The number of benzene rings is 2. The van der Waals surface area contributed by atoms with Crippen molar-refractivity contribution in [3.05, 3.63) is 41.0 Å². The Morgan fingerprint density at radius 2 is 1.89 bits per heavy atom. The van der Waals surface area contributed by atoms with Gasteiger partial charge < -0.3 is 29.4 Å². The fraction of sp³-hybridized carbons (Fsp3) is 0.462. The number of nitrogens with one attached hydrogen (secondary N) is 3. The topological polar surface area (TPSA) is 117 Å². The van der Waals surface area contributed by atoms with Gasteiger partial charge in [-0.1, -0.05) is 23.9 Å². The summed E-state index contributed by atoms with van der Waals surface area (Å²) in [4.78, 5) is 0. The van der Waals surface area contributed by atoms with Crippen molar-refractivity contribution >= 4 is 22.8 Å². The van der Waals surface area contributed by atoms with E-state index in [0.29, 0.717) is 41.3 Å². The van der Waals surface area contributed by atoms with Crippen LogP contribution in [0.5, 0.6) is 28.7 Å². The van der Waals surface area contributed by atoms with Gasteiger partial charge in [-0.25, -0.2) is 0 Å². The molecule has 2 heterocycles. The molecule has 2 unspecified atom stereocenters. The van der Waals surface area contributed by atoms with Gasteiger partial charge in [-0.05, 0) is 63.6 Å². The van der Waals surface area contributed by atoms with E-state index in [1.54, 1.807) is 7.11 Å². The first-order valence-electron chi connectivity index (χ1n) is 11.7. The number of phenolic OH excluding ortho intramolecular Hbond substituents is 1. The molecule has 1 fully saturated rings. The molecule has 2 atom stereocenters. The first kappa shape index (κ1) is 25.0. The second-order valence-electron chi connectivity index (χ2n) is 9.17. The molecule has 2 aromatic rings. The lowest BCUT2D eigenvalue weighted by Gasteiger charge is -2.37. The molecule has 188 valence electrons. The van der Waals surface area contributed by atoms with E-state index >= 15 is 0 Å². The first-order chi connectivity index (χ1) is 16.7. The van der Waals surface area contributed by atoms with Crippen LogP contribution in [0, 0.1) is 17.7 Å². The van der Waals surface area contributed by atoms with E-state index in [-0.39, 0.29) is 16.6 Å². The van der Waals surface area contributed by atoms with Crippen molar-refractivity contribution in [3.8, 4) is 28.7 Å². The summed E-state index contributed by atoms with van der Waals surface area (Å²) < 4.78 is 23.4. The van der Waals surface area contributed by atoms with Crippen LogP contribution in [0.1, 0.15) is 42.9 Å². The Morgan fingerprint density at radius 3 is 2.51 bits per heavy atom. The number of aromatic hydroxyl groups is 1. The molecular weight excluding hydrogens is 466 g/mol. The van der Waals surface area contributed by atoms with E-state index in [9.17, 15) is 5.11 Å². The molecule has 0 radical (unpaired) electrons. The van der Waals surface area contributed by atoms with Crippen LogP contribution < -0.4 is 24.3 Å². The average molecular weight is 500 g/mol. The third-order valence-corrected chi connectivity index (χ3v) is 7.69. The predicted molar refractivity (Wildman–Crippen MR) is 138 cm³/mol. The largest absolute Gasteiger partial charge is 0.504 e. The minimum Gasteiger partial charge on any atom is -0.504 e. The zero-order valence-corrected chi connectivity index (χ0v) is 21.4. The molecule has 8 nitrogen and oxygen atoms in total. The van der Waals surface area contributed by atoms with Crippen LogP contribution >= 0.6 is 11.8 Å². The van der Waals surface area contributed by atoms with Gasteiger partial charge in [0.05, 0.1) is 26.1 Å². The number of amidine groups is 2. The lowest BCUT2D eigenvalue weighted by Crippen LogP contribution is -2.37. The maximum atomic E-state index is 10.5. The van der Waals surface area contributed by atoms with E-state index in [2.05, 4.69) is 12.2 Å². The second-order valence-corrected chi connectivity index (χ2v) is 10.4. The highest BCUT2D eigenvalue weighted by Crippen LogP contribution is 2.52. The summed E-state index contributed by atoms with van der Waals surface area (Å²) in [5.41, 5.74) is 2.48. The van der Waals surface area contributed by atoms with Crippen molar-refractivity contribution in [2.45, 2.75) is 56.8 Å². The summed E-state index contributed by atoms with van der Waals surface area (Å²) in [5, 5.41) is 29.1. The highest BCUT2D eigenvalue weighted by Gasteiger charge is 2.36. The molecule has 35 heavy (non-hydrogen) atoms. The number of ether oxygens (including phenoxy) is 4. The molecule has 0 aromatic heterocycles. The molecule has 2 aliphatic heterocycles. The van der Waals surface area contributed by atoms with Gasteiger partial charge in [0.25, 0.3) is 0 Å². The predicted octanol–water partition coefficient (Wildman–Crippen LogP) is 4.82. The molecule has 0 bridgehead atoms. The summed E-state index contributed by atoms with van der Waals surface area (Å²) in [6.07, 6.45) is 3.98. The Hall–Kier alpha value is -3.07. The summed E-state index contributed by atoms with van der Waals surface area (Å²) >= 11 is 1.38. The van der Waals surface area contributed by atoms with Gasteiger partial charge in [-0.2, -0.15) is 0 Å². The zero-order valence-electron chi connectivity index (χ0n) is 20.6. The van der Waals surface area contributed by atoms with Crippen LogP contribution in [0.2, 0.25) is 0 Å². The number of hydrogen-bond donors (Lipinski definition) is 4. The van der Waals surface area contributed by atoms with E-state index in [0.717, 1.165) is 48.1 Å². The number of phenols is 1. The van der Waals surface area contributed by atoms with Crippen molar-refractivity contribution in [2.75, 3.05) is 20.8 Å². The van der Waals surface area contributed by atoms with Crippen LogP contribution in [-0.4, -0.2) is 47.8 Å². The Balaban J connectivity index is 1.31. The van der Waals surface area contributed by atoms with Crippen LogP contribution in [-0.2, 0) is 12.8 Å². The Morgan fingerprint density at radius 1 is 1.17 bits per heavy atom. The van der Waals surface area contributed by atoms with Crippen molar-refractivity contribution in [1.29, 1.82) is 10.8 Å². The fourth-order valence-electron chi connectivity index (χ4n) is 4.63. The highest BCUT2D eigenvalue weighted by atomic mass is 32.2. The van der Waals surface area contributed by atoms with Crippen LogP contribution in [0.15, 0.2) is 24.3 Å². The summed E-state index contributed by atoms with van der Waals surface area (Å²) in [6, 6.07) is 7.95. The van der Waals surface area contributed by atoms with Gasteiger partial charge in [-0.15, -0.1) is 0 Å². The first-order valence-corrected chi connectivity index (χ1v) is 12.6. The smallest absolute Gasteiger partial charge is 0.207 e. The summed E-state index contributed by atoms with van der Waals surface area (Å²) in [5.74, 6) is 2.70. The van der Waals surface area contributed by atoms with Crippen molar-refractivity contribution < 1.29 is 24.1 Å². The van der Waals surface area contributed by atoms with E-state index in [1.807, 2.05) is 31.2 Å². The highest BCUT2D eigenvalue weighted by molar-refractivity contribution is 8.15. The average Bonchev–Trinajstić information content (AvgIpc) is 3.16. The van der Waals surface area contributed by atoms with Gasteiger partial charge >= 0.3 is 0 Å². The molecule has 2 aliphatic rings. The molecular formula is C26H33N3O5S. The molecule has 0 aliphatic carbocycles. The van der Waals surface area contributed by atoms with Gasteiger partial charge in [0.15, 0.2) is 16.7 Å². The summed E-state index contributed by atoms with van der Waals surface area (Å²) in [6.45, 7) is 4.55. The van der Waals surface area contributed by atoms with Crippen LogP contribution in [0.3, 0.4) is 0 Å². The zero-order chi connectivity index (χ0) is 25.2. The summed E-state index contributed by atoms with van der Waals surface area (Å²) in [7, 11) is 3.07. The third kappa shape index (κ3) is 5.29. The van der Waals surface area contributed by atoms with Crippen molar-refractivity contribution in [2.24, 2.45) is 0 Å². The monoisotopic (exact) mass is 499 g/mol. The molecule has 0 spiro atoms. The van der Waals surface area contributed by atoms with Gasteiger partial charge in [0.1, 0.15) is 17.2 Å². The molecule has 4 N–H and O–H groups in total. The number of rotatable bonds is 9. The molecule has 4 rings (SSSR count). The second kappa shape index (κ2) is 10.3. The lowest BCUT2D eigenvalue weighted by atomic mass is 9.87. The Bertz CT molecular complexity index is 1120. The number of fused-ring (bicyclic) bond motifs is 1. The van der Waals surface area contributed by atoms with E-state index in [4.69, 9.17) is 29.8 Å². The minimum absolute atomic E-state index is 0.0259. The number of thioether (sulfide) groups is 1. The molecule has 1 saturated heterocycles. The standard InChI is InChI=1S/C26H33N3O5S/c1-15-18-10-12-26(2,34-21(18)23(32-4)22(31-3)20(15)30)11-5-13-33-17-8-6-16(7-9-17)14-19-24(27)29-25(28)35-19/h6-9,19,30H,5,10-14H2,1-4H3,(H3,27,28,29). The molecule has 0 amide bonds. The van der Waals surface area contributed by atoms with Crippen LogP contribution in [0.4, 0.5) is 0 Å². The Kier molecular flexibility index (Phi) is 7.35. The lowest BCUT2D eigenvalue weighted by molar-refractivity contribution is 0.0461. The molecule has 9 heteroatoms. The van der Waals surface area contributed by atoms with E-state index < -0.39 is 0 Å². The number of methoxy groups -OCH3 is 2. The Labute approximate surface area is 210 Å². The SMILES string of the molecule is COc1c(O)c(C)c2c(c1OC)OC(C)(CCCOc1ccc(CC3SC(=N)NC3=N)cc1)CC2. The van der Waals surface area contributed by atoms with Gasteiger partial charge in [-0.3, -0.25) is 10.8 Å². The van der Waals surface area contributed by atoms with Crippen molar-refractivity contribution in [3.63, 3.8) is 0 Å². The normalized spacial score (nSPS) is 21.2. The van der Waals surface area contributed by atoms with Crippen LogP contribution in [0.25, 0.3) is 0 Å². The third-order valence-electron chi connectivity index (χ3n) is 6.66.